The maximum atomic E-state index is 12.9. The van der Waals surface area contributed by atoms with Crippen molar-refractivity contribution in [3.63, 3.8) is 0 Å². The highest BCUT2D eigenvalue weighted by Crippen LogP contribution is 2.29. The summed E-state index contributed by atoms with van der Waals surface area (Å²) >= 11 is 7.09. The summed E-state index contributed by atoms with van der Waals surface area (Å²) in [6, 6.07) is 19.1. The molecule has 0 atom stereocenters. The summed E-state index contributed by atoms with van der Waals surface area (Å²) in [6.07, 6.45) is 0. The maximum absolute atomic E-state index is 12.9. The Hall–Kier alpha value is -2.35. The van der Waals surface area contributed by atoms with Gasteiger partial charge in [0, 0.05) is 36.9 Å². The van der Waals surface area contributed by atoms with Crippen molar-refractivity contribution in [3.05, 3.63) is 76.6 Å². The molecule has 1 aliphatic heterocycles. The average molecular weight is 447 g/mol. The minimum Gasteiger partial charge on any atom is -0.368 e. The molecule has 1 amide bonds. The van der Waals surface area contributed by atoms with E-state index in [-0.39, 0.29) is 15.0 Å². The van der Waals surface area contributed by atoms with Gasteiger partial charge in [-0.3, -0.25) is 4.79 Å². The molecule has 3 aromatic rings. The molecule has 8 heteroatoms. The largest absolute Gasteiger partial charge is 0.368 e. The van der Waals surface area contributed by atoms with Gasteiger partial charge in [-0.2, -0.15) is 0 Å². The van der Waals surface area contributed by atoms with E-state index in [0.29, 0.717) is 36.1 Å². The molecule has 0 unspecified atom stereocenters. The first-order valence-corrected chi connectivity index (χ1v) is 11.8. The number of nitrogens with zero attached hydrogens (tertiary/aromatic N) is 2. The molecule has 2 aromatic carbocycles. The molecule has 0 N–H and O–H groups in total. The van der Waals surface area contributed by atoms with E-state index >= 15 is 0 Å². The molecular weight excluding hydrogens is 428 g/mol. The van der Waals surface area contributed by atoms with Gasteiger partial charge in [0.25, 0.3) is 5.91 Å². The third-order valence-electron chi connectivity index (χ3n) is 4.85. The number of carbonyl (C=O) groups excluding carboxylic acids is 1. The fourth-order valence-corrected chi connectivity index (χ4v) is 6.17. The van der Waals surface area contributed by atoms with Crippen LogP contribution in [0.2, 0.25) is 5.02 Å². The fraction of sp³-hybridized carbons (Fsp3) is 0.190. The predicted molar refractivity (Wildman–Crippen MR) is 116 cm³/mol. The fourth-order valence-electron chi connectivity index (χ4n) is 3.29. The van der Waals surface area contributed by atoms with E-state index in [1.807, 2.05) is 24.3 Å². The zero-order valence-electron chi connectivity index (χ0n) is 15.5. The lowest BCUT2D eigenvalue weighted by Crippen LogP contribution is -2.48. The number of halogens is 1. The van der Waals surface area contributed by atoms with Crippen LogP contribution in [-0.4, -0.2) is 45.4 Å². The minimum absolute atomic E-state index is 0.129. The monoisotopic (exact) mass is 446 g/mol. The van der Waals surface area contributed by atoms with Crippen molar-refractivity contribution in [1.82, 2.24) is 4.90 Å². The number of carbonyl (C=O) groups is 1. The second-order valence-electron chi connectivity index (χ2n) is 6.69. The third-order valence-corrected chi connectivity index (χ3v) is 8.42. The number of thiophene rings is 1. The van der Waals surface area contributed by atoms with Crippen LogP contribution in [-0.2, 0) is 9.84 Å². The Labute approximate surface area is 179 Å². The van der Waals surface area contributed by atoms with Crippen LogP contribution in [0.5, 0.6) is 0 Å². The van der Waals surface area contributed by atoms with Crippen LogP contribution in [0.1, 0.15) is 9.67 Å². The van der Waals surface area contributed by atoms with Gasteiger partial charge >= 0.3 is 0 Å². The van der Waals surface area contributed by atoms with Crippen LogP contribution in [0, 0.1) is 0 Å². The molecule has 29 heavy (non-hydrogen) atoms. The lowest BCUT2D eigenvalue weighted by Gasteiger charge is -2.36. The van der Waals surface area contributed by atoms with Gasteiger partial charge in [-0.1, -0.05) is 35.9 Å². The van der Waals surface area contributed by atoms with Crippen LogP contribution in [0.3, 0.4) is 0 Å². The Morgan fingerprint density at radius 3 is 2.31 bits per heavy atom. The smallest absolute Gasteiger partial charge is 0.264 e. The molecule has 0 saturated carbocycles. The molecule has 1 fully saturated rings. The summed E-state index contributed by atoms with van der Waals surface area (Å²) < 4.78 is 25.7. The molecule has 1 aliphatic rings. The van der Waals surface area contributed by atoms with Crippen LogP contribution < -0.4 is 4.90 Å². The number of anilines is 1. The molecule has 0 bridgehead atoms. The van der Waals surface area contributed by atoms with E-state index in [1.54, 1.807) is 41.3 Å². The minimum atomic E-state index is -3.60. The first-order chi connectivity index (χ1) is 13.9. The SMILES string of the molecule is O=C(c1ccc(S(=O)(=O)c2ccccc2)s1)N1CCN(c2cccc(Cl)c2)CC1. The molecule has 0 radical (unpaired) electrons. The third kappa shape index (κ3) is 4.17. The van der Waals surface area contributed by atoms with Crippen molar-refractivity contribution in [2.75, 3.05) is 31.1 Å². The molecule has 1 saturated heterocycles. The van der Waals surface area contributed by atoms with Crippen LogP contribution in [0.4, 0.5) is 5.69 Å². The average Bonchev–Trinajstić information content (AvgIpc) is 3.25. The summed E-state index contributed by atoms with van der Waals surface area (Å²) in [6.45, 7) is 2.55. The zero-order chi connectivity index (χ0) is 20.4. The Morgan fingerprint density at radius 2 is 1.62 bits per heavy atom. The van der Waals surface area contributed by atoms with E-state index in [9.17, 15) is 13.2 Å². The van der Waals surface area contributed by atoms with Crippen molar-refractivity contribution >= 4 is 44.4 Å². The Kier molecular flexibility index (Phi) is 5.63. The number of rotatable bonds is 4. The van der Waals surface area contributed by atoms with Gasteiger partial charge in [-0.15, -0.1) is 11.3 Å². The van der Waals surface area contributed by atoms with Gasteiger partial charge in [-0.05, 0) is 42.5 Å². The van der Waals surface area contributed by atoms with E-state index in [0.717, 1.165) is 17.0 Å². The number of sulfone groups is 1. The van der Waals surface area contributed by atoms with Crippen LogP contribution >= 0.6 is 22.9 Å². The van der Waals surface area contributed by atoms with Gasteiger partial charge in [0.05, 0.1) is 9.77 Å². The molecule has 2 heterocycles. The first-order valence-electron chi connectivity index (χ1n) is 9.15. The topological polar surface area (TPSA) is 57.7 Å². The predicted octanol–water partition coefficient (Wildman–Crippen LogP) is 4.20. The number of piperazine rings is 1. The van der Waals surface area contributed by atoms with Crippen molar-refractivity contribution in [2.45, 2.75) is 9.10 Å². The van der Waals surface area contributed by atoms with E-state index in [1.165, 1.54) is 6.07 Å². The van der Waals surface area contributed by atoms with Crippen molar-refractivity contribution in [2.24, 2.45) is 0 Å². The van der Waals surface area contributed by atoms with Crippen molar-refractivity contribution < 1.29 is 13.2 Å². The van der Waals surface area contributed by atoms with Gasteiger partial charge < -0.3 is 9.80 Å². The molecule has 1 aromatic heterocycles. The van der Waals surface area contributed by atoms with Crippen LogP contribution in [0.25, 0.3) is 0 Å². The highest BCUT2D eigenvalue weighted by atomic mass is 35.5. The molecular formula is C21H19ClN2O3S2. The normalized spacial score (nSPS) is 14.8. The lowest BCUT2D eigenvalue weighted by atomic mass is 10.2. The van der Waals surface area contributed by atoms with Crippen molar-refractivity contribution in [1.29, 1.82) is 0 Å². The maximum Gasteiger partial charge on any atom is 0.264 e. The van der Waals surface area contributed by atoms with E-state index in [4.69, 9.17) is 11.6 Å². The Morgan fingerprint density at radius 1 is 0.897 bits per heavy atom. The molecule has 4 rings (SSSR count). The molecule has 0 spiro atoms. The van der Waals surface area contributed by atoms with Gasteiger partial charge in [0.1, 0.15) is 4.21 Å². The van der Waals surface area contributed by atoms with E-state index in [2.05, 4.69) is 4.90 Å². The Balaban J connectivity index is 1.45. The summed E-state index contributed by atoms with van der Waals surface area (Å²) in [5.74, 6) is -0.129. The van der Waals surface area contributed by atoms with Gasteiger partial charge in [0.2, 0.25) is 9.84 Å². The summed E-state index contributed by atoms with van der Waals surface area (Å²) in [5.41, 5.74) is 1.04. The molecule has 5 nitrogen and oxygen atoms in total. The summed E-state index contributed by atoms with van der Waals surface area (Å²) in [5, 5.41) is 0.687. The standard InChI is InChI=1S/C21H19ClN2O3S2/c22-16-5-4-6-17(15-16)23-11-13-24(14-12-23)21(25)19-9-10-20(28-19)29(26,27)18-7-2-1-3-8-18/h1-10,15H,11-14H2. The lowest BCUT2D eigenvalue weighted by molar-refractivity contribution is 0.0751. The van der Waals surface area contributed by atoms with Gasteiger partial charge in [0.15, 0.2) is 0 Å². The summed E-state index contributed by atoms with van der Waals surface area (Å²) in [7, 11) is -3.60. The highest BCUT2D eigenvalue weighted by molar-refractivity contribution is 7.93. The molecule has 0 aliphatic carbocycles. The summed E-state index contributed by atoms with van der Waals surface area (Å²) in [4.78, 5) is 17.5. The van der Waals surface area contributed by atoms with Crippen molar-refractivity contribution in [3.8, 4) is 0 Å². The number of benzene rings is 2. The quantitative estimate of drug-likeness (QED) is 0.602. The number of hydrogen-bond acceptors (Lipinski definition) is 5. The Bertz CT molecular complexity index is 1120. The van der Waals surface area contributed by atoms with Crippen LogP contribution in [0.15, 0.2) is 75.8 Å². The number of hydrogen-bond donors (Lipinski definition) is 0. The zero-order valence-corrected chi connectivity index (χ0v) is 17.9. The second-order valence-corrected chi connectivity index (χ2v) is 10.4. The number of amides is 1. The highest BCUT2D eigenvalue weighted by Gasteiger charge is 2.26. The van der Waals surface area contributed by atoms with Gasteiger partial charge in [-0.25, -0.2) is 8.42 Å². The molecule has 150 valence electrons. The second kappa shape index (κ2) is 8.18. The first kappa shape index (κ1) is 19.9. The van der Waals surface area contributed by atoms with E-state index < -0.39 is 9.84 Å².